The van der Waals surface area contributed by atoms with Crippen molar-refractivity contribution in [2.45, 2.75) is 13.0 Å². The second-order valence-corrected chi connectivity index (χ2v) is 3.21. The van der Waals surface area contributed by atoms with Gasteiger partial charge in [-0.15, -0.1) is 6.58 Å². The summed E-state index contributed by atoms with van der Waals surface area (Å²) in [7, 11) is 0. The number of carbonyl (C=O) groups is 1. The number of hydrogen-bond acceptors (Lipinski definition) is 2. The standard InChI is InChI=1S/C12H13F2NO2/c1-2-3-8-15-11(16)9-6-4-5-7-10(9)17-12(13)14/h2,4-7,12H,1,3,8H2,(H,15,16). The molecule has 0 aliphatic rings. The molecule has 92 valence electrons. The highest BCUT2D eigenvalue weighted by Gasteiger charge is 2.14. The molecule has 1 aromatic carbocycles. The zero-order valence-electron chi connectivity index (χ0n) is 9.16. The number of amides is 1. The Morgan fingerprint density at radius 1 is 1.47 bits per heavy atom. The van der Waals surface area contributed by atoms with Crippen molar-refractivity contribution >= 4 is 5.91 Å². The van der Waals surface area contributed by atoms with Crippen LogP contribution in [0.15, 0.2) is 36.9 Å². The first-order chi connectivity index (χ1) is 8.15. The Kier molecular flexibility index (Phi) is 5.13. The number of hydrogen-bond donors (Lipinski definition) is 1. The van der Waals surface area contributed by atoms with Gasteiger partial charge >= 0.3 is 6.61 Å². The summed E-state index contributed by atoms with van der Waals surface area (Å²) in [6, 6.07) is 5.87. The van der Waals surface area contributed by atoms with E-state index in [1.165, 1.54) is 18.2 Å². The molecule has 0 radical (unpaired) electrons. The van der Waals surface area contributed by atoms with E-state index in [0.29, 0.717) is 13.0 Å². The van der Waals surface area contributed by atoms with E-state index >= 15 is 0 Å². The summed E-state index contributed by atoms with van der Waals surface area (Å²) in [5, 5.41) is 2.58. The fourth-order valence-corrected chi connectivity index (χ4v) is 1.24. The fraction of sp³-hybridized carbons (Fsp3) is 0.250. The van der Waals surface area contributed by atoms with E-state index in [2.05, 4.69) is 16.6 Å². The van der Waals surface area contributed by atoms with Crippen LogP contribution in [0.25, 0.3) is 0 Å². The Morgan fingerprint density at radius 2 is 2.18 bits per heavy atom. The summed E-state index contributed by atoms with van der Waals surface area (Å²) in [6.07, 6.45) is 2.27. The summed E-state index contributed by atoms with van der Waals surface area (Å²) in [6.45, 7) is 0.973. The van der Waals surface area contributed by atoms with Gasteiger partial charge in [0.15, 0.2) is 0 Å². The highest BCUT2D eigenvalue weighted by atomic mass is 19.3. The van der Waals surface area contributed by atoms with Gasteiger partial charge in [0.1, 0.15) is 5.75 Å². The number of para-hydroxylation sites is 1. The maximum atomic E-state index is 12.1. The van der Waals surface area contributed by atoms with E-state index in [1.807, 2.05) is 0 Å². The van der Waals surface area contributed by atoms with Gasteiger partial charge in [-0.3, -0.25) is 4.79 Å². The van der Waals surface area contributed by atoms with Crippen molar-refractivity contribution in [1.29, 1.82) is 0 Å². The summed E-state index contributed by atoms with van der Waals surface area (Å²) in [5.74, 6) is -0.568. The van der Waals surface area contributed by atoms with Crippen LogP contribution >= 0.6 is 0 Å². The molecule has 1 amide bonds. The van der Waals surface area contributed by atoms with Crippen molar-refractivity contribution in [3.63, 3.8) is 0 Å². The molecule has 17 heavy (non-hydrogen) atoms. The Hall–Kier alpha value is -1.91. The first-order valence-electron chi connectivity index (χ1n) is 5.08. The Bertz CT molecular complexity index is 394. The molecule has 0 atom stereocenters. The molecule has 3 nitrogen and oxygen atoms in total. The van der Waals surface area contributed by atoms with Crippen LogP contribution in [0.2, 0.25) is 0 Å². The highest BCUT2D eigenvalue weighted by molar-refractivity contribution is 5.96. The van der Waals surface area contributed by atoms with Gasteiger partial charge in [0, 0.05) is 6.54 Å². The van der Waals surface area contributed by atoms with Gasteiger partial charge in [-0.05, 0) is 18.6 Å². The first-order valence-corrected chi connectivity index (χ1v) is 5.08. The minimum absolute atomic E-state index is 0.0943. The summed E-state index contributed by atoms with van der Waals surface area (Å²) < 4.78 is 28.5. The number of halogens is 2. The molecule has 1 N–H and O–H groups in total. The molecule has 0 saturated carbocycles. The van der Waals surface area contributed by atoms with Crippen molar-refractivity contribution in [2.75, 3.05) is 6.54 Å². The smallest absolute Gasteiger partial charge is 0.387 e. The minimum Gasteiger partial charge on any atom is -0.434 e. The quantitative estimate of drug-likeness (QED) is 0.614. The predicted octanol–water partition coefficient (Wildman–Crippen LogP) is 2.59. The number of benzene rings is 1. The maximum absolute atomic E-state index is 12.1. The number of rotatable bonds is 6. The van der Waals surface area contributed by atoms with E-state index in [0.717, 1.165) is 0 Å². The van der Waals surface area contributed by atoms with Gasteiger partial charge in [0.05, 0.1) is 5.56 Å². The average Bonchev–Trinajstić information content (AvgIpc) is 2.29. The number of nitrogens with one attached hydrogen (secondary N) is 1. The molecule has 0 saturated heterocycles. The van der Waals surface area contributed by atoms with Gasteiger partial charge in [0.25, 0.3) is 5.91 Å². The largest absolute Gasteiger partial charge is 0.434 e. The lowest BCUT2D eigenvalue weighted by Gasteiger charge is -2.10. The molecule has 0 aliphatic carbocycles. The topological polar surface area (TPSA) is 38.3 Å². The van der Waals surface area contributed by atoms with Gasteiger partial charge in [-0.2, -0.15) is 8.78 Å². The third kappa shape index (κ3) is 4.22. The second kappa shape index (κ2) is 6.62. The lowest BCUT2D eigenvalue weighted by Crippen LogP contribution is -2.25. The van der Waals surface area contributed by atoms with Crippen LogP contribution in [-0.4, -0.2) is 19.1 Å². The number of carbonyl (C=O) groups excluding carboxylic acids is 1. The van der Waals surface area contributed by atoms with Crippen LogP contribution in [0.1, 0.15) is 16.8 Å². The predicted molar refractivity (Wildman–Crippen MR) is 60.2 cm³/mol. The minimum atomic E-state index is -2.95. The van der Waals surface area contributed by atoms with Gasteiger partial charge in [-0.25, -0.2) is 0 Å². The van der Waals surface area contributed by atoms with Crippen LogP contribution in [0, 0.1) is 0 Å². The zero-order valence-corrected chi connectivity index (χ0v) is 9.16. The third-order valence-electron chi connectivity index (χ3n) is 1.98. The Labute approximate surface area is 98.1 Å². The highest BCUT2D eigenvalue weighted by Crippen LogP contribution is 2.19. The lowest BCUT2D eigenvalue weighted by molar-refractivity contribution is -0.0501. The van der Waals surface area contributed by atoms with E-state index in [1.54, 1.807) is 12.1 Å². The van der Waals surface area contributed by atoms with Gasteiger partial charge in [-0.1, -0.05) is 18.2 Å². The summed E-state index contributed by atoms with van der Waals surface area (Å²) in [4.78, 5) is 11.7. The van der Waals surface area contributed by atoms with Crippen LogP contribution in [-0.2, 0) is 0 Å². The molecule has 0 aliphatic heterocycles. The van der Waals surface area contributed by atoms with E-state index in [9.17, 15) is 13.6 Å². The number of ether oxygens (including phenoxy) is 1. The van der Waals surface area contributed by atoms with Crippen molar-refractivity contribution in [3.05, 3.63) is 42.5 Å². The molecule has 0 spiro atoms. The van der Waals surface area contributed by atoms with E-state index in [-0.39, 0.29) is 11.3 Å². The van der Waals surface area contributed by atoms with Crippen LogP contribution in [0.5, 0.6) is 5.75 Å². The second-order valence-electron chi connectivity index (χ2n) is 3.21. The van der Waals surface area contributed by atoms with Crippen LogP contribution in [0.4, 0.5) is 8.78 Å². The summed E-state index contributed by atoms with van der Waals surface area (Å²) in [5.41, 5.74) is 0.0943. The van der Waals surface area contributed by atoms with Crippen molar-refractivity contribution in [3.8, 4) is 5.75 Å². The molecule has 0 aromatic heterocycles. The lowest BCUT2D eigenvalue weighted by atomic mass is 10.2. The van der Waals surface area contributed by atoms with E-state index in [4.69, 9.17) is 0 Å². The third-order valence-corrected chi connectivity index (χ3v) is 1.98. The van der Waals surface area contributed by atoms with Gasteiger partial charge in [0.2, 0.25) is 0 Å². The molecule has 0 unspecified atom stereocenters. The molecular weight excluding hydrogens is 228 g/mol. The van der Waals surface area contributed by atoms with Crippen molar-refractivity contribution in [1.82, 2.24) is 5.32 Å². The Morgan fingerprint density at radius 3 is 2.82 bits per heavy atom. The number of alkyl halides is 2. The zero-order chi connectivity index (χ0) is 12.7. The monoisotopic (exact) mass is 241 g/mol. The van der Waals surface area contributed by atoms with Gasteiger partial charge < -0.3 is 10.1 Å². The first kappa shape index (κ1) is 13.2. The molecule has 1 rings (SSSR count). The van der Waals surface area contributed by atoms with Crippen LogP contribution in [0.3, 0.4) is 0 Å². The average molecular weight is 241 g/mol. The normalized spacial score (nSPS) is 10.1. The maximum Gasteiger partial charge on any atom is 0.387 e. The van der Waals surface area contributed by atoms with Crippen molar-refractivity contribution in [2.24, 2.45) is 0 Å². The SMILES string of the molecule is C=CCCNC(=O)c1ccccc1OC(F)F. The molecule has 0 heterocycles. The molecule has 1 aromatic rings. The molecule has 5 heteroatoms. The van der Waals surface area contributed by atoms with Crippen molar-refractivity contribution < 1.29 is 18.3 Å². The summed E-state index contributed by atoms with van der Waals surface area (Å²) >= 11 is 0. The molecule has 0 fully saturated rings. The fourth-order valence-electron chi connectivity index (χ4n) is 1.24. The molecular formula is C12H13F2NO2. The Balaban J connectivity index is 2.74. The van der Waals surface area contributed by atoms with E-state index < -0.39 is 12.5 Å². The molecule has 0 bridgehead atoms. The van der Waals surface area contributed by atoms with Crippen LogP contribution < -0.4 is 10.1 Å².